The average Bonchev–Trinajstić information content (AvgIpc) is 3.43. The van der Waals surface area contributed by atoms with Crippen LogP contribution >= 0.6 is 22.9 Å². The molecule has 3 nitrogen and oxygen atoms in total. The van der Waals surface area contributed by atoms with E-state index in [9.17, 15) is 4.79 Å². The number of hydrogen-bond donors (Lipinski definition) is 1. The molecule has 5 heteroatoms. The third kappa shape index (κ3) is 3.98. The molecule has 1 aliphatic rings. The molecule has 1 saturated carbocycles. The van der Waals surface area contributed by atoms with E-state index in [0.29, 0.717) is 5.78 Å². The van der Waals surface area contributed by atoms with Crippen LogP contribution in [0.3, 0.4) is 0 Å². The second-order valence-corrected chi connectivity index (χ2v) is 9.22. The lowest BCUT2D eigenvalue weighted by Gasteiger charge is -2.09. The van der Waals surface area contributed by atoms with Gasteiger partial charge in [-0.05, 0) is 54.3 Å². The average molecular weight is 433 g/mol. The molecule has 0 saturated heterocycles. The van der Waals surface area contributed by atoms with Gasteiger partial charge in [0.15, 0.2) is 10.9 Å². The fourth-order valence-corrected chi connectivity index (χ4v) is 5.23. The molecule has 150 valence electrons. The Kier molecular flexibility index (Phi) is 5.28. The highest BCUT2D eigenvalue weighted by Gasteiger charge is 2.23. The normalized spacial score (nSPS) is 14.3. The quantitative estimate of drug-likeness (QED) is 0.328. The second kappa shape index (κ2) is 8.21. The summed E-state index contributed by atoms with van der Waals surface area (Å²) in [6, 6.07) is 22.0. The highest BCUT2D eigenvalue weighted by Crippen LogP contribution is 2.32. The predicted molar refractivity (Wildman–Crippen MR) is 126 cm³/mol. The van der Waals surface area contributed by atoms with Crippen molar-refractivity contribution >= 4 is 49.8 Å². The Morgan fingerprint density at radius 1 is 0.933 bits per heavy atom. The number of anilines is 2. The number of rotatable bonds is 5. The van der Waals surface area contributed by atoms with Gasteiger partial charge in [-0.15, -0.1) is 0 Å². The van der Waals surface area contributed by atoms with Crippen LogP contribution in [0.5, 0.6) is 0 Å². The number of nitrogens with one attached hydrogen (secondary N) is 1. The summed E-state index contributed by atoms with van der Waals surface area (Å²) in [7, 11) is 0. The van der Waals surface area contributed by atoms with Crippen LogP contribution in [0, 0.1) is 5.92 Å². The number of carbonyl (C=O) groups excluding carboxylic acids is 1. The van der Waals surface area contributed by atoms with Crippen molar-refractivity contribution in [2.45, 2.75) is 25.7 Å². The van der Waals surface area contributed by atoms with Gasteiger partial charge in [0.05, 0.1) is 10.2 Å². The first kappa shape index (κ1) is 19.3. The number of fused-ring (bicyclic) bond motifs is 1. The van der Waals surface area contributed by atoms with E-state index in [1.165, 1.54) is 12.8 Å². The van der Waals surface area contributed by atoms with Gasteiger partial charge in [-0.2, -0.15) is 0 Å². The molecule has 3 aromatic carbocycles. The first-order chi connectivity index (χ1) is 14.7. The van der Waals surface area contributed by atoms with Crippen LogP contribution in [0.25, 0.3) is 21.3 Å². The Hall–Kier alpha value is -2.69. The molecule has 4 aromatic rings. The lowest BCUT2D eigenvalue weighted by molar-refractivity contribution is 0.0923. The third-order valence-corrected chi connectivity index (χ3v) is 6.88. The number of carbonyl (C=O) groups is 1. The smallest absolute Gasteiger partial charge is 0.188 e. The molecule has 0 bridgehead atoms. The van der Waals surface area contributed by atoms with Gasteiger partial charge in [0.2, 0.25) is 0 Å². The molecule has 30 heavy (non-hydrogen) atoms. The van der Waals surface area contributed by atoms with E-state index in [4.69, 9.17) is 11.6 Å². The number of halogens is 1. The summed E-state index contributed by atoms with van der Waals surface area (Å²) in [5, 5.41) is 4.93. The molecule has 0 unspecified atom stereocenters. The highest BCUT2D eigenvalue weighted by molar-refractivity contribution is 7.22. The summed E-state index contributed by atoms with van der Waals surface area (Å²) in [6.45, 7) is 0. The molecular formula is C25H21ClN2OS. The van der Waals surface area contributed by atoms with Crippen LogP contribution in [0.15, 0.2) is 66.7 Å². The summed E-state index contributed by atoms with van der Waals surface area (Å²) in [5.74, 6) is 0.524. The van der Waals surface area contributed by atoms with Crippen molar-refractivity contribution in [3.8, 4) is 11.1 Å². The maximum Gasteiger partial charge on any atom is 0.188 e. The Bertz CT molecular complexity index is 1190. The monoisotopic (exact) mass is 432 g/mol. The van der Waals surface area contributed by atoms with E-state index in [1.54, 1.807) is 11.3 Å². The molecule has 0 aliphatic heterocycles. The largest absolute Gasteiger partial charge is 0.332 e. The van der Waals surface area contributed by atoms with Crippen LogP contribution in [0.1, 0.15) is 36.0 Å². The number of ketones is 1. The zero-order valence-electron chi connectivity index (χ0n) is 16.4. The summed E-state index contributed by atoms with van der Waals surface area (Å²) in [6.07, 6.45) is 4.44. The molecule has 1 aromatic heterocycles. The fourth-order valence-electron chi connectivity index (χ4n) is 4.07. The van der Waals surface area contributed by atoms with Crippen molar-refractivity contribution in [2.75, 3.05) is 5.32 Å². The lowest BCUT2D eigenvalue weighted by Crippen LogP contribution is -2.10. The van der Waals surface area contributed by atoms with Crippen LogP contribution in [-0.4, -0.2) is 10.8 Å². The number of aromatic nitrogens is 1. The van der Waals surface area contributed by atoms with Crippen LogP contribution in [0.4, 0.5) is 10.8 Å². The zero-order valence-corrected chi connectivity index (χ0v) is 18.0. The van der Waals surface area contributed by atoms with E-state index in [1.807, 2.05) is 54.6 Å². The molecule has 1 fully saturated rings. The molecular weight excluding hydrogens is 412 g/mol. The molecule has 1 N–H and O–H groups in total. The van der Waals surface area contributed by atoms with E-state index in [0.717, 1.165) is 55.6 Å². The Morgan fingerprint density at radius 2 is 1.60 bits per heavy atom. The van der Waals surface area contributed by atoms with E-state index >= 15 is 0 Å². The summed E-state index contributed by atoms with van der Waals surface area (Å²) in [4.78, 5) is 17.2. The van der Waals surface area contributed by atoms with E-state index in [2.05, 4.69) is 22.4 Å². The third-order valence-electron chi connectivity index (χ3n) is 5.72. The topological polar surface area (TPSA) is 42.0 Å². The van der Waals surface area contributed by atoms with Gasteiger partial charge in [-0.25, -0.2) is 4.98 Å². The van der Waals surface area contributed by atoms with Gasteiger partial charge < -0.3 is 5.32 Å². The predicted octanol–water partition coefficient (Wildman–Crippen LogP) is 7.73. The second-order valence-electron chi connectivity index (χ2n) is 7.76. The van der Waals surface area contributed by atoms with E-state index in [-0.39, 0.29) is 5.92 Å². The summed E-state index contributed by atoms with van der Waals surface area (Å²) >= 11 is 7.65. The van der Waals surface area contributed by atoms with Gasteiger partial charge in [0.1, 0.15) is 0 Å². The molecule has 1 aliphatic carbocycles. The molecule has 5 rings (SSSR count). The van der Waals surface area contributed by atoms with Crippen molar-refractivity contribution in [3.05, 3.63) is 77.3 Å². The zero-order chi connectivity index (χ0) is 20.5. The molecule has 0 atom stereocenters. The van der Waals surface area contributed by atoms with Crippen molar-refractivity contribution in [1.29, 1.82) is 0 Å². The van der Waals surface area contributed by atoms with Gasteiger partial charge in [-0.3, -0.25) is 4.79 Å². The maximum absolute atomic E-state index is 12.6. The number of thiazole rings is 1. The number of hydrogen-bond acceptors (Lipinski definition) is 4. The molecule has 1 heterocycles. The highest BCUT2D eigenvalue weighted by atomic mass is 35.5. The van der Waals surface area contributed by atoms with E-state index < -0.39 is 0 Å². The number of nitrogens with zero attached hydrogens (tertiary/aromatic N) is 1. The fraction of sp³-hybridized carbons (Fsp3) is 0.200. The first-order valence-electron chi connectivity index (χ1n) is 10.2. The number of benzene rings is 3. The van der Waals surface area contributed by atoms with Crippen LogP contribution in [-0.2, 0) is 0 Å². The standard InChI is InChI=1S/C25H21ClN2OS/c26-20-11-14-22-23(15-20)30-25(28-22)27-21-12-9-17(10-13-21)16-5-7-19(8-6-16)24(29)18-3-1-2-4-18/h5-15,18H,1-4H2,(H,27,28). The SMILES string of the molecule is O=C(c1ccc(-c2ccc(Nc3nc4ccc(Cl)cc4s3)cc2)cc1)C1CCCC1. The van der Waals surface area contributed by atoms with Crippen LogP contribution in [0.2, 0.25) is 5.02 Å². The molecule has 0 radical (unpaired) electrons. The van der Waals surface area contributed by atoms with Crippen LogP contribution < -0.4 is 5.32 Å². The van der Waals surface area contributed by atoms with Crippen molar-refractivity contribution in [3.63, 3.8) is 0 Å². The minimum absolute atomic E-state index is 0.222. The summed E-state index contributed by atoms with van der Waals surface area (Å²) < 4.78 is 1.06. The molecule has 0 spiro atoms. The van der Waals surface area contributed by atoms with Crippen molar-refractivity contribution in [1.82, 2.24) is 4.98 Å². The van der Waals surface area contributed by atoms with Gasteiger partial charge in [0, 0.05) is 22.2 Å². The maximum atomic E-state index is 12.6. The van der Waals surface area contributed by atoms with Gasteiger partial charge in [0.25, 0.3) is 0 Å². The van der Waals surface area contributed by atoms with Crippen molar-refractivity contribution < 1.29 is 4.79 Å². The Morgan fingerprint density at radius 3 is 2.30 bits per heavy atom. The first-order valence-corrected chi connectivity index (χ1v) is 11.4. The van der Waals surface area contributed by atoms with Gasteiger partial charge in [-0.1, -0.05) is 72.2 Å². The Labute approximate surface area is 184 Å². The van der Waals surface area contributed by atoms with Gasteiger partial charge >= 0.3 is 0 Å². The molecule has 0 amide bonds. The number of Topliss-reactive ketones (excluding diaryl/α,β-unsaturated/α-hetero) is 1. The minimum atomic E-state index is 0.222. The minimum Gasteiger partial charge on any atom is -0.332 e. The van der Waals surface area contributed by atoms with Crippen molar-refractivity contribution in [2.24, 2.45) is 5.92 Å². The Balaban J connectivity index is 1.29. The lowest BCUT2D eigenvalue weighted by atomic mass is 9.94. The summed E-state index contributed by atoms with van der Waals surface area (Å²) in [5.41, 5.74) is 4.99.